The van der Waals surface area contributed by atoms with Crippen LogP contribution in [0.3, 0.4) is 0 Å². The number of thiazole rings is 1. The molecule has 170 valence electrons. The van der Waals surface area contributed by atoms with Gasteiger partial charge in [0.1, 0.15) is 23.3 Å². The first-order valence-corrected chi connectivity index (χ1v) is 12.2. The Balaban J connectivity index is 1.46. The highest BCUT2D eigenvalue weighted by Gasteiger charge is 2.19. The number of aliphatic hydroxyl groups is 1. The van der Waals surface area contributed by atoms with Crippen molar-refractivity contribution in [3.8, 4) is 17.3 Å². The quantitative estimate of drug-likeness (QED) is 0.147. The summed E-state index contributed by atoms with van der Waals surface area (Å²) in [4.78, 5) is 22.2. The Bertz CT molecular complexity index is 1640. The Labute approximate surface area is 212 Å². The molecule has 0 unspecified atom stereocenters. The van der Waals surface area contributed by atoms with Gasteiger partial charge in [-0.3, -0.25) is 0 Å². The Morgan fingerprint density at radius 1 is 1.00 bits per heavy atom. The molecule has 2 heterocycles. The number of halogens is 1. The molecule has 3 aromatic carbocycles. The molecule has 0 aliphatic carbocycles. The highest BCUT2D eigenvalue weighted by Crippen LogP contribution is 2.29. The lowest BCUT2D eigenvalue weighted by molar-refractivity contribution is 0.0505. The molecule has 0 fully saturated rings. The Kier molecular flexibility index (Phi) is 6.27. The lowest BCUT2D eigenvalue weighted by atomic mass is 10.0. The van der Waals surface area contributed by atoms with Gasteiger partial charge in [-0.15, -0.1) is 11.3 Å². The summed E-state index contributed by atoms with van der Waals surface area (Å²) in [6.07, 6.45) is 0. The third kappa shape index (κ3) is 4.64. The van der Waals surface area contributed by atoms with Crippen LogP contribution in [0.15, 0.2) is 89.1 Å². The minimum atomic E-state index is -0.631. The van der Waals surface area contributed by atoms with E-state index in [1.807, 2.05) is 72.8 Å². The van der Waals surface area contributed by atoms with Gasteiger partial charge in [-0.25, -0.2) is 14.8 Å². The molecule has 0 aliphatic rings. The summed E-state index contributed by atoms with van der Waals surface area (Å²) in [7, 11) is 0. The van der Waals surface area contributed by atoms with Crippen LogP contribution in [0.25, 0.3) is 38.0 Å². The molecule has 2 aromatic heterocycles. The predicted octanol–water partition coefficient (Wildman–Crippen LogP) is 6.92. The maximum atomic E-state index is 13.1. The second-order valence-electron chi connectivity index (χ2n) is 7.58. The molecule has 0 spiro atoms. The highest BCUT2D eigenvalue weighted by molar-refractivity contribution is 9.10. The van der Waals surface area contributed by atoms with E-state index < -0.39 is 12.6 Å². The van der Waals surface area contributed by atoms with Gasteiger partial charge < -0.3 is 9.84 Å². The van der Waals surface area contributed by atoms with Crippen molar-refractivity contribution >= 4 is 59.9 Å². The highest BCUT2D eigenvalue weighted by atomic mass is 79.9. The lowest BCUT2D eigenvalue weighted by Gasteiger charge is -2.10. The standard InChI is InChI=1S/C27H16BrN3O3S/c28-17-7-5-6-16(12-17)23-13-19(18-8-1-2-9-21(18)30-23)27(33)34-15-24(32)20(14-29)26-31-22-10-3-4-11-25(22)35-26/h1-13,32H,15H2. The van der Waals surface area contributed by atoms with Crippen LogP contribution in [0.2, 0.25) is 0 Å². The number of esters is 1. The number of para-hydroxylation sites is 2. The van der Waals surface area contributed by atoms with Crippen LogP contribution in [0.1, 0.15) is 15.4 Å². The molecule has 6 nitrogen and oxygen atoms in total. The molecule has 0 saturated heterocycles. The van der Waals surface area contributed by atoms with Gasteiger partial charge in [0.05, 0.1) is 27.0 Å². The number of carbonyl (C=O) groups excluding carboxylic acids is 1. The molecular formula is C27H16BrN3O3S. The van der Waals surface area contributed by atoms with Gasteiger partial charge in [-0.1, -0.05) is 58.4 Å². The van der Waals surface area contributed by atoms with Gasteiger partial charge in [-0.05, 0) is 36.4 Å². The fraction of sp³-hybridized carbons (Fsp3) is 0.0370. The first-order chi connectivity index (χ1) is 17.0. The molecule has 0 radical (unpaired) electrons. The molecule has 0 aliphatic heterocycles. The zero-order valence-corrected chi connectivity index (χ0v) is 20.5. The van der Waals surface area contributed by atoms with E-state index in [2.05, 4.69) is 25.9 Å². The number of carbonyl (C=O) groups is 1. The molecule has 5 aromatic rings. The maximum absolute atomic E-state index is 13.1. The Morgan fingerprint density at radius 3 is 2.54 bits per heavy atom. The first kappa shape index (κ1) is 22.7. The van der Waals surface area contributed by atoms with Gasteiger partial charge in [0.15, 0.2) is 5.76 Å². The third-order valence-corrected chi connectivity index (χ3v) is 6.85. The number of hydrogen-bond donors (Lipinski definition) is 1. The van der Waals surface area contributed by atoms with Gasteiger partial charge in [0.2, 0.25) is 0 Å². The van der Waals surface area contributed by atoms with Crippen molar-refractivity contribution < 1.29 is 14.6 Å². The largest absolute Gasteiger partial charge is 0.507 e. The number of nitriles is 1. The van der Waals surface area contributed by atoms with Crippen LogP contribution in [-0.4, -0.2) is 27.7 Å². The molecule has 0 amide bonds. The first-order valence-electron chi connectivity index (χ1n) is 10.5. The number of fused-ring (bicyclic) bond motifs is 2. The van der Waals surface area contributed by atoms with E-state index in [1.165, 1.54) is 11.3 Å². The number of rotatable bonds is 5. The van der Waals surface area contributed by atoms with Gasteiger partial charge >= 0.3 is 5.97 Å². The van der Waals surface area contributed by atoms with Gasteiger partial charge in [-0.2, -0.15) is 5.26 Å². The summed E-state index contributed by atoms with van der Waals surface area (Å²) in [5, 5.41) is 21.2. The third-order valence-electron chi connectivity index (χ3n) is 5.30. The summed E-state index contributed by atoms with van der Waals surface area (Å²) >= 11 is 4.75. The Morgan fingerprint density at radius 2 is 1.77 bits per heavy atom. The second-order valence-corrected chi connectivity index (χ2v) is 9.53. The zero-order valence-electron chi connectivity index (χ0n) is 18.1. The van der Waals surface area contributed by atoms with E-state index in [0.717, 1.165) is 20.3 Å². The predicted molar refractivity (Wildman–Crippen MR) is 140 cm³/mol. The molecule has 0 saturated carbocycles. The summed E-state index contributed by atoms with van der Waals surface area (Å²) in [6, 6.07) is 26.0. The number of pyridine rings is 1. The van der Waals surface area contributed by atoms with Crippen LogP contribution in [0.5, 0.6) is 0 Å². The SMILES string of the molecule is N#CC(=C(O)COC(=O)c1cc(-c2cccc(Br)c2)nc2ccccc12)c1nc2ccccc2s1. The van der Waals surface area contributed by atoms with Crippen molar-refractivity contribution in [3.63, 3.8) is 0 Å². The van der Waals surface area contributed by atoms with E-state index >= 15 is 0 Å². The molecule has 1 N–H and O–H groups in total. The molecule has 0 bridgehead atoms. The number of allylic oxidation sites excluding steroid dienone is 1. The summed E-state index contributed by atoms with van der Waals surface area (Å²) in [5.41, 5.74) is 3.12. The van der Waals surface area contributed by atoms with Crippen molar-refractivity contribution in [2.45, 2.75) is 0 Å². The number of hydrogen-bond acceptors (Lipinski definition) is 7. The molecule has 0 atom stereocenters. The van der Waals surface area contributed by atoms with E-state index in [9.17, 15) is 15.2 Å². The van der Waals surface area contributed by atoms with Crippen molar-refractivity contribution in [3.05, 3.63) is 99.7 Å². The number of aliphatic hydroxyl groups excluding tert-OH is 1. The fourth-order valence-electron chi connectivity index (χ4n) is 3.64. The smallest absolute Gasteiger partial charge is 0.339 e. The van der Waals surface area contributed by atoms with Crippen LogP contribution in [0, 0.1) is 11.3 Å². The van der Waals surface area contributed by atoms with Crippen molar-refractivity contribution in [2.75, 3.05) is 6.61 Å². The summed E-state index contributed by atoms with van der Waals surface area (Å²) < 4.78 is 7.22. The second kappa shape index (κ2) is 9.66. The topological polar surface area (TPSA) is 96.1 Å². The van der Waals surface area contributed by atoms with Crippen LogP contribution in [-0.2, 0) is 4.74 Å². The molecule has 5 rings (SSSR count). The minimum Gasteiger partial charge on any atom is -0.507 e. The number of benzene rings is 3. The molecule has 35 heavy (non-hydrogen) atoms. The molecule has 8 heteroatoms. The number of aromatic nitrogens is 2. The van der Waals surface area contributed by atoms with Crippen molar-refractivity contribution in [2.24, 2.45) is 0 Å². The number of nitrogens with zero attached hydrogens (tertiary/aromatic N) is 3. The average Bonchev–Trinajstić information content (AvgIpc) is 3.30. The summed E-state index contributed by atoms with van der Waals surface area (Å²) in [5.74, 6) is -0.988. The van der Waals surface area contributed by atoms with E-state index in [4.69, 9.17) is 4.74 Å². The number of ether oxygens (including phenoxy) is 1. The van der Waals surface area contributed by atoms with E-state index in [1.54, 1.807) is 12.1 Å². The molecular weight excluding hydrogens is 526 g/mol. The van der Waals surface area contributed by atoms with Crippen LogP contribution in [0.4, 0.5) is 0 Å². The van der Waals surface area contributed by atoms with Crippen LogP contribution < -0.4 is 0 Å². The van der Waals surface area contributed by atoms with Crippen molar-refractivity contribution in [1.29, 1.82) is 5.26 Å². The van der Waals surface area contributed by atoms with E-state index in [-0.39, 0.29) is 11.3 Å². The minimum absolute atomic E-state index is 0.0200. The van der Waals surface area contributed by atoms with Crippen molar-refractivity contribution in [1.82, 2.24) is 9.97 Å². The zero-order chi connectivity index (χ0) is 24.4. The monoisotopic (exact) mass is 541 g/mol. The fourth-order valence-corrected chi connectivity index (χ4v) is 5.02. The normalized spacial score (nSPS) is 11.8. The van der Waals surface area contributed by atoms with E-state index in [0.29, 0.717) is 27.2 Å². The van der Waals surface area contributed by atoms with Gasteiger partial charge in [0.25, 0.3) is 0 Å². The lowest BCUT2D eigenvalue weighted by Crippen LogP contribution is -2.10. The summed E-state index contributed by atoms with van der Waals surface area (Å²) in [6.45, 7) is -0.458. The Hall–Kier alpha value is -4.06. The maximum Gasteiger partial charge on any atom is 0.339 e. The average molecular weight is 542 g/mol. The van der Waals surface area contributed by atoms with Crippen LogP contribution >= 0.6 is 27.3 Å². The van der Waals surface area contributed by atoms with Gasteiger partial charge in [0, 0.05) is 15.4 Å².